The van der Waals surface area contributed by atoms with Crippen LogP contribution in [-0.4, -0.2) is 30.1 Å². The second kappa shape index (κ2) is 11.2. The lowest BCUT2D eigenvalue weighted by Gasteiger charge is -2.37. The molecule has 0 fully saturated rings. The number of halogens is 5. The number of rotatable bonds is 8. The molecule has 0 saturated carbocycles. The second-order valence-corrected chi connectivity index (χ2v) is 9.82. The molecule has 40 heavy (non-hydrogen) atoms. The highest BCUT2D eigenvalue weighted by Gasteiger charge is 2.45. The summed E-state index contributed by atoms with van der Waals surface area (Å²) in [4.78, 5) is 20.1. The molecule has 206 valence electrons. The van der Waals surface area contributed by atoms with Crippen LogP contribution < -0.4 is 15.0 Å². The van der Waals surface area contributed by atoms with Gasteiger partial charge in [0.2, 0.25) is 0 Å². The monoisotopic (exact) mass is 569 g/mol. The topological polar surface area (TPSA) is 54.5 Å². The molecule has 4 aromatic rings. The average molecular weight is 570 g/mol. The van der Waals surface area contributed by atoms with Crippen LogP contribution in [0.5, 0.6) is 5.75 Å². The number of alkyl halides is 4. The van der Waals surface area contributed by atoms with Gasteiger partial charge in [0.15, 0.2) is 0 Å². The van der Waals surface area contributed by atoms with Gasteiger partial charge in [0.05, 0.1) is 10.7 Å². The van der Waals surface area contributed by atoms with Gasteiger partial charge in [-0.25, -0.2) is 4.79 Å². The Hall–Kier alpha value is -4.11. The van der Waals surface area contributed by atoms with Crippen molar-refractivity contribution in [3.8, 4) is 5.75 Å². The molecule has 0 spiro atoms. The minimum absolute atomic E-state index is 0.151. The standard InChI is InChI=1S/C30H24ClF4N3O2/c31-23-13-14-26(36-19-23)29(18-20-7-2-1-3-8-20,22-10-6-11-24(17-22)40-30(34,35)27(32)33)37-28(39)38-16-15-21-9-4-5-12-25(21)38/h1-14,17,19,27H,15-16,18H2,(H,37,39)/t29-/m1/s1. The maximum atomic E-state index is 13.9. The second-order valence-electron chi connectivity index (χ2n) is 9.38. The van der Waals surface area contributed by atoms with Crippen LogP contribution in [0.1, 0.15) is 22.4 Å². The van der Waals surface area contributed by atoms with E-state index < -0.39 is 29.9 Å². The van der Waals surface area contributed by atoms with Crippen molar-refractivity contribution < 1.29 is 27.1 Å². The third-order valence-electron chi connectivity index (χ3n) is 6.76. The lowest BCUT2D eigenvalue weighted by atomic mass is 9.80. The highest BCUT2D eigenvalue weighted by Crippen LogP contribution is 2.37. The SMILES string of the molecule is O=C(N[C@](Cc1ccccc1)(c1cccc(OC(F)(F)C(F)F)c1)c1ccc(Cl)cn1)N1CCc2ccccc21. The van der Waals surface area contributed by atoms with Crippen molar-refractivity contribution in [2.24, 2.45) is 0 Å². The number of ether oxygens (including phenoxy) is 1. The van der Waals surface area contributed by atoms with Gasteiger partial charge in [-0.2, -0.15) is 17.6 Å². The van der Waals surface area contributed by atoms with Crippen molar-refractivity contribution in [3.63, 3.8) is 0 Å². The van der Waals surface area contributed by atoms with E-state index in [-0.39, 0.29) is 6.42 Å². The fraction of sp³-hybridized carbons (Fsp3) is 0.200. The molecular weight excluding hydrogens is 546 g/mol. The molecule has 1 aliphatic rings. The Morgan fingerprint density at radius 2 is 1.75 bits per heavy atom. The van der Waals surface area contributed by atoms with Crippen molar-refractivity contribution in [1.29, 1.82) is 0 Å². The summed E-state index contributed by atoms with van der Waals surface area (Å²) in [5.74, 6) is -0.491. The number of nitrogens with zero attached hydrogens (tertiary/aromatic N) is 2. The lowest BCUT2D eigenvalue weighted by Crippen LogP contribution is -2.53. The quantitative estimate of drug-likeness (QED) is 0.228. The molecule has 2 amide bonds. The van der Waals surface area contributed by atoms with Crippen LogP contribution in [0.15, 0.2) is 97.2 Å². The molecule has 10 heteroatoms. The number of para-hydroxylation sites is 1. The van der Waals surface area contributed by atoms with Crippen molar-refractivity contribution in [3.05, 3.63) is 125 Å². The van der Waals surface area contributed by atoms with Gasteiger partial charge in [-0.15, -0.1) is 0 Å². The number of aromatic nitrogens is 1. The molecule has 5 nitrogen and oxygen atoms in total. The molecule has 3 aromatic carbocycles. The first-order chi connectivity index (χ1) is 19.2. The van der Waals surface area contributed by atoms with Crippen LogP contribution in [0, 0.1) is 0 Å². The summed E-state index contributed by atoms with van der Waals surface area (Å²) in [5.41, 5.74) is 1.80. The summed E-state index contributed by atoms with van der Waals surface area (Å²) in [6.45, 7) is 0.435. The minimum atomic E-state index is -4.71. The Balaban J connectivity index is 1.65. The first-order valence-corrected chi connectivity index (χ1v) is 12.8. The number of benzene rings is 3. The Kier molecular flexibility index (Phi) is 7.67. The first-order valence-electron chi connectivity index (χ1n) is 12.5. The first kappa shape index (κ1) is 27.5. The largest absolute Gasteiger partial charge is 0.461 e. The molecule has 0 saturated heterocycles. The van der Waals surface area contributed by atoms with Crippen LogP contribution in [0.3, 0.4) is 0 Å². The smallest absolute Gasteiger partial charge is 0.428 e. The van der Waals surface area contributed by atoms with Crippen LogP contribution in [0.4, 0.5) is 28.0 Å². The van der Waals surface area contributed by atoms with Gasteiger partial charge >= 0.3 is 18.6 Å². The Bertz CT molecular complexity index is 1490. The fourth-order valence-corrected chi connectivity index (χ4v) is 4.99. The number of nitrogens with one attached hydrogen (secondary N) is 1. The molecule has 0 bridgehead atoms. The van der Waals surface area contributed by atoms with E-state index >= 15 is 0 Å². The van der Waals surface area contributed by atoms with Crippen LogP contribution in [0.25, 0.3) is 0 Å². The summed E-state index contributed by atoms with van der Waals surface area (Å²) in [6, 6.07) is 24.9. The number of fused-ring (bicyclic) bond motifs is 1. The van der Waals surface area contributed by atoms with E-state index in [4.69, 9.17) is 11.6 Å². The highest BCUT2D eigenvalue weighted by atomic mass is 35.5. The van der Waals surface area contributed by atoms with Crippen molar-refractivity contribution in [2.75, 3.05) is 11.4 Å². The number of anilines is 1. The van der Waals surface area contributed by atoms with Gasteiger partial charge in [0.1, 0.15) is 11.3 Å². The number of urea groups is 1. The number of carbonyl (C=O) groups is 1. The molecule has 2 heterocycles. The van der Waals surface area contributed by atoms with E-state index in [1.54, 1.807) is 23.1 Å². The lowest BCUT2D eigenvalue weighted by molar-refractivity contribution is -0.253. The molecule has 1 aromatic heterocycles. The zero-order valence-electron chi connectivity index (χ0n) is 21.0. The van der Waals surface area contributed by atoms with E-state index in [0.717, 1.165) is 22.9 Å². The fourth-order valence-electron chi connectivity index (χ4n) is 4.88. The summed E-state index contributed by atoms with van der Waals surface area (Å²) in [7, 11) is 0. The van der Waals surface area contributed by atoms with E-state index in [9.17, 15) is 22.4 Å². The maximum Gasteiger partial charge on any atom is 0.461 e. The zero-order chi connectivity index (χ0) is 28.3. The molecule has 5 rings (SSSR count). The Morgan fingerprint density at radius 3 is 2.48 bits per heavy atom. The van der Waals surface area contributed by atoms with Gasteiger partial charge in [-0.05, 0) is 53.4 Å². The predicted molar refractivity (Wildman–Crippen MR) is 144 cm³/mol. The molecule has 1 atom stereocenters. The van der Waals surface area contributed by atoms with E-state index in [2.05, 4.69) is 15.0 Å². The summed E-state index contributed by atoms with van der Waals surface area (Å²) >= 11 is 6.13. The summed E-state index contributed by atoms with van der Waals surface area (Å²) in [5, 5.41) is 3.47. The molecule has 1 aliphatic heterocycles. The highest BCUT2D eigenvalue weighted by molar-refractivity contribution is 6.30. The molecule has 0 radical (unpaired) electrons. The number of hydrogen-bond donors (Lipinski definition) is 1. The molecular formula is C30H24ClF4N3O2. The average Bonchev–Trinajstić information content (AvgIpc) is 3.38. The van der Waals surface area contributed by atoms with Crippen molar-refractivity contribution in [2.45, 2.75) is 30.9 Å². The summed E-state index contributed by atoms with van der Waals surface area (Å²) in [6.07, 6.45) is -6.50. The minimum Gasteiger partial charge on any atom is -0.428 e. The third-order valence-corrected chi connectivity index (χ3v) is 6.99. The maximum absolute atomic E-state index is 13.9. The van der Waals surface area contributed by atoms with Gasteiger partial charge in [0.25, 0.3) is 0 Å². The molecule has 0 unspecified atom stereocenters. The summed E-state index contributed by atoms with van der Waals surface area (Å²) < 4.78 is 58.0. The number of amides is 2. The number of hydrogen-bond acceptors (Lipinski definition) is 3. The van der Waals surface area contributed by atoms with Crippen molar-refractivity contribution in [1.82, 2.24) is 10.3 Å². The Morgan fingerprint density at radius 1 is 1.00 bits per heavy atom. The van der Waals surface area contributed by atoms with Crippen LogP contribution >= 0.6 is 11.6 Å². The van der Waals surface area contributed by atoms with E-state index in [1.165, 1.54) is 18.3 Å². The zero-order valence-corrected chi connectivity index (χ0v) is 21.8. The van der Waals surface area contributed by atoms with Gasteiger partial charge in [-0.1, -0.05) is 72.3 Å². The number of carbonyl (C=O) groups excluding carboxylic acids is 1. The van der Waals surface area contributed by atoms with Gasteiger partial charge in [-0.3, -0.25) is 9.88 Å². The Labute approximate surface area is 233 Å². The predicted octanol–water partition coefficient (Wildman–Crippen LogP) is 7.23. The third kappa shape index (κ3) is 5.60. The number of pyridine rings is 1. The van der Waals surface area contributed by atoms with Crippen molar-refractivity contribution >= 4 is 23.3 Å². The molecule has 1 N–H and O–H groups in total. The van der Waals surface area contributed by atoms with Crippen LogP contribution in [0.2, 0.25) is 5.02 Å². The van der Waals surface area contributed by atoms with E-state index in [0.29, 0.717) is 29.2 Å². The van der Waals surface area contributed by atoms with Crippen LogP contribution in [-0.2, 0) is 18.4 Å². The van der Waals surface area contributed by atoms with Gasteiger partial charge < -0.3 is 10.1 Å². The van der Waals surface area contributed by atoms with E-state index in [1.807, 2.05) is 54.6 Å². The molecule has 0 aliphatic carbocycles. The normalized spacial score (nSPS) is 14.5. The van der Waals surface area contributed by atoms with Gasteiger partial charge in [0, 0.05) is 24.8 Å².